The van der Waals surface area contributed by atoms with E-state index in [-0.39, 0.29) is 5.91 Å². The molecule has 1 amide bonds. The first-order valence-corrected chi connectivity index (χ1v) is 8.66. The van der Waals surface area contributed by atoms with Crippen LogP contribution >= 0.6 is 24.0 Å². The minimum absolute atomic E-state index is 0.186. The number of carbonyl (C=O) groups excluding carboxylic acids is 1. The minimum Gasteiger partial charge on any atom is -0.493 e. The first-order valence-electron chi connectivity index (χ1n) is 7.44. The number of nitrogens with one attached hydrogen (secondary N) is 1. The normalized spacial score (nSPS) is 15.6. The molecule has 3 rings (SSSR count). The highest BCUT2D eigenvalue weighted by Gasteiger charge is 2.32. The van der Waals surface area contributed by atoms with Gasteiger partial charge in [0.25, 0.3) is 5.91 Å². The number of amides is 1. The Hall–Kier alpha value is -2.51. The van der Waals surface area contributed by atoms with Crippen molar-refractivity contribution in [3.05, 3.63) is 59.0 Å². The highest BCUT2D eigenvalue weighted by molar-refractivity contribution is 8.26. The maximum absolute atomic E-state index is 12.6. The summed E-state index contributed by atoms with van der Waals surface area (Å²) in [7, 11) is 3.16. The smallest absolute Gasteiger partial charge is 0.285 e. The molecule has 0 spiro atoms. The number of thioether (sulfide) groups is 1. The van der Waals surface area contributed by atoms with Crippen LogP contribution in [-0.2, 0) is 4.79 Å². The zero-order valence-electron chi connectivity index (χ0n) is 13.7. The first kappa shape index (κ1) is 17.3. The van der Waals surface area contributed by atoms with Gasteiger partial charge >= 0.3 is 0 Å². The van der Waals surface area contributed by atoms with Crippen molar-refractivity contribution in [3.63, 3.8) is 0 Å². The summed E-state index contributed by atoms with van der Waals surface area (Å²) in [5.41, 5.74) is 4.66. The van der Waals surface area contributed by atoms with Gasteiger partial charge in [-0.1, -0.05) is 36.0 Å². The molecule has 1 N–H and O–H groups in total. The SMILES string of the molecule is COc1ccc(/C=C2/SC(=S)N(Nc3ccccc3)C2=O)cc1OC. The maximum atomic E-state index is 12.6. The Bertz CT molecular complexity index is 837. The number of anilines is 1. The van der Waals surface area contributed by atoms with Gasteiger partial charge in [-0.3, -0.25) is 10.2 Å². The molecule has 0 atom stereocenters. The summed E-state index contributed by atoms with van der Waals surface area (Å²) >= 11 is 6.57. The number of carbonyl (C=O) groups is 1. The lowest BCUT2D eigenvalue weighted by Gasteiger charge is -2.16. The summed E-state index contributed by atoms with van der Waals surface area (Å²) in [6.45, 7) is 0. The van der Waals surface area contributed by atoms with Crippen LogP contribution in [0.1, 0.15) is 5.56 Å². The van der Waals surface area contributed by atoms with Gasteiger partial charge in [0.2, 0.25) is 0 Å². The van der Waals surface area contributed by atoms with Crippen LogP contribution in [0.5, 0.6) is 11.5 Å². The molecule has 0 aliphatic carbocycles. The van der Waals surface area contributed by atoms with Crippen LogP contribution in [0.15, 0.2) is 53.4 Å². The fourth-order valence-electron chi connectivity index (χ4n) is 2.30. The van der Waals surface area contributed by atoms with Crippen molar-refractivity contribution in [1.29, 1.82) is 0 Å². The summed E-state index contributed by atoms with van der Waals surface area (Å²) in [5.74, 6) is 1.06. The molecule has 2 aromatic carbocycles. The van der Waals surface area contributed by atoms with Crippen molar-refractivity contribution >= 4 is 46.0 Å². The van der Waals surface area contributed by atoms with Crippen molar-refractivity contribution in [2.45, 2.75) is 0 Å². The Morgan fingerprint density at radius 2 is 1.80 bits per heavy atom. The largest absolute Gasteiger partial charge is 0.493 e. The van der Waals surface area contributed by atoms with Crippen molar-refractivity contribution in [2.24, 2.45) is 0 Å². The van der Waals surface area contributed by atoms with E-state index in [9.17, 15) is 4.79 Å². The lowest BCUT2D eigenvalue weighted by atomic mass is 10.2. The van der Waals surface area contributed by atoms with Crippen LogP contribution in [0.3, 0.4) is 0 Å². The quantitative estimate of drug-likeness (QED) is 0.634. The second-order valence-corrected chi connectivity index (χ2v) is 6.79. The van der Waals surface area contributed by atoms with Gasteiger partial charge in [-0.25, -0.2) is 5.01 Å². The Kier molecular flexibility index (Phi) is 5.25. The van der Waals surface area contributed by atoms with E-state index in [1.165, 1.54) is 16.8 Å². The second kappa shape index (κ2) is 7.58. The Morgan fingerprint density at radius 1 is 1.08 bits per heavy atom. The standard InChI is InChI=1S/C18H16N2O3S2/c1-22-14-9-8-12(10-15(14)23-2)11-16-17(21)20(18(24)25-16)19-13-6-4-3-5-7-13/h3-11,19H,1-2H3/b16-11+. The Morgan fingerprint density at radius 3 is 2.48 bits per heavy atom. The number of para-hydroxylation sites is 1. The third-order valence-electron chi connectivity index (χ3n) is 3.51. The van der Waals surface area contributed by atoms with E-state index < -0.39 is 0 Å². The van der Waals surface area contributed by atoms with Gasteiger partial charge in [0, 0.05) is 0 Å². The number of hydrogen-bond donors (Lipinski definition) is 1. The minimum atomic E-state index is -0.186. The van der Waals surface area contributed by atoms with Crippen LogP contribution in [0, 0.1) is 0 Å². The molecule has 1 fully saturated rings. The maximum Gasteiger partial charge on any atom is 0.285 e. The molecule has 1 saturated heterocycles. The number of ether oxygens (including phenoxy) is 2. The number of benzene rings is 2. The zero-order valence-corrected chi connectivity index (χ0v) is 15.3. The topological polar surface area (TPSA) is 50.8 Å². The molecule has 25 heavy (non-hydrogen) atoms. The highest BCUT2D eigenvalue weighted by atomic mass is 32.2. The van der Waals surface area contributed by atoms with Crippen molar-refractivity contribution in [2.75, 3.05) is 19.6 Å². The predicted octanol–water partition coefficient (Wildman–Crippen LogP) is 3.93. The van der Waals surface area contributed by atoms with Crippen molar-refractivity contribution in [1.82, 2.24) is 5.01 Å². The molecule has 0 unspecified atom stereocenters. The van der Waals surface area contributed by atoms with Crippen LogP contribution < -0.4 is 14.9 Å². The van der Waals surface area contributed by atoms with Gasteiger partial charge in [0.15, 0.2) is 15.8 Å². The van der Waals surface area contributed by atoms with E-state index in [4.69, 9.17) is 21.7 Å². The number of nitrogens with zero attached hydrogens (tertiary/aromatic N) is 1. The van der Waals surface area contributed by atoms with Crippen LogP contribution in [0.4, 0.5) is 5.69 Å². The number of thiocarbonyl (C=S) groups is 1. The summed E-state index contributed by atoms with van der Waals surface area (Å²) in [4.78, 5) is 13.2. The van der Waals surface area contributed by atoms with Gasteiger partial charge in [0.1, 0.15) is 0 Å². The molecule has 0 bridgehead atoms. The van der Waals surface area contributed by atoms with E-state index in [1.807, 2.05) is 42.5 Å². The highest BCUT2D eigenvalue weighted by Crippen LogP contribution is 2.34. The van der Waals surface area contributed by atoms with Crippen molar-refractivity contribution in [3.8, 4) is 11.5 Å². The fraction of sp³-hybridized carbons (Fsp3) is 0.111. The number of hydrogen-bond acceptors (Lipinski definition) is 6. The molecule has 1 aliphatic rings. The predicted molar refractivity (Wildman–Crippen MR) is 105 cm³/mol. The molecule has 128 valence electrons. The lowest BCUT2D eigenvalue weighted by Crippen LogP contribution is -2.33. The summed E-state index contributed by atoms with van der Waals surface area (Å²) in [6.07, 6.45) is 1.79. The molecular formula is C18H16N2O3S2. The molecule has 0 radical (unpaired) electrons. The average molecular weight is 372 g/mol. The van der Waals surface area contributed by atoms with Gasteiger partial charge in [-0.05, 0) is 48.1 Å². The van der Waals surface area contributed by atoms with E-state index in [0.29, 0.717) is 20.7 Å². The van der Waals surface area contributed by atoms with E-state index in [1.54, 1.807) is 26.4 Å². The molecule has 0 saturated carbocycles. The van der Waals surface area contributed by atoms with Crippen LogP contribution in [0.2, 0.25) is 0 Å². The number of rotatable bonds is 5. The molecule has 1 aliphatic heterocycles. The first-order chi connectivity index (χ1) is 12.1. The van der Waals surface area contributed by atoms with E-state index in [0.717, 1.165) is 11.3 Å². The summed E-state index contributed by atoms with van der Waals surface area (Å²) in [6, 6.07) is 14.9. The number of hydrazine groups is 1. The summed E-state index contributed by atoms with van der Waals surface area (Å²) < 4.78 is 11.0. The molecular weight excluding hydrogens is 356 g/mol. The number of methoxy groups -OCH3 is 2. The zero-order chi connectivity index (χ0) is 17.8. The van der Waals surface area contributed by atoms with Crippen LogP contribution in [0.25, 0.3) is 6.08 Å². The second-order valence-electron chi connectivity index (χ2n) is 5.11. The molecule has 2 aromatic rings. The van der Waals surface area contributed by atoms with E-state index >= 15 is 0 Å². The average Bonchev–Trinajstić information content (AvgIpc) is 2.90. The van der Waals surface area contributed by atoms with E-state index in [2.05, 4.69) is 5.43 Å². The molecule has 0 aromatic heterocycles. The monoisotopic (exact) mass is 372 g/mol. The van der Waals surface area contributed by atoms with Gasteiger partial charge < -0.3 is 9.47 Å². The van der Waals surface area contributed by atoms with Gasteiger partial charge in [-0.15, -0.1) is 0 Å². The van der Waals surface area contributed by atoms with Gasteiger partial charge in [-0.2, -0.15) is 0 Å². The molecule has 5 nitrogen and oxygen atoms in total. The third kappa shape index (κ3) is 3.78. The van der Waals surface area contributed by atoms with Gasteiger partial charge in [0.05, 0.1) is 24.8 Å². The van der Waals surface area contributed by atoms with Crippen molar-refractivity contribution < 1.29 is 14.3 Å². The fourth-order valence-corrected chi connectivity index (χ4v) is 3.48. The lowest BCUT2D eigenvalue weighted by molar-refractivity contribution is -0.121. The Balaban J connectivity index is 1.83. The molecule has 7 heteroatoms. The Labute approximate surface area is 155 Å². The molecule has 1 heterocycles. The summed E-state index contributed by atoms with van der Waals surface area (Å²) in [5, 5.41) is 1.38. The third-order valence-corrected chi connectivity index (χ3v) is 4.82. The van der Waals surface area contributed by atoms with Crippen LogP contribution in [-0.4, -0.2) is 29.5 Å².